The van der Waals surface area contributed by atoms with Gasteiger partial charge in [0, 0.05) is 4.47 Å². The number of aromatic nitrogens is 1. The van der Waals surface area contributed by atoms with Gasteiger partial charge in [0.2, 0.25) is 0 Å². The zero-order valence-electron chi connectivity index (χ0n) is 10.7. The Kier molecular flexibility index (Phi) is 4.67. The predicted octanol–water partition coefficient (Wildman–Crippen LogP) is 3.84. The number of nitrogens with zero attached hydrogens (tertiary/aromatic N) is 1. The van der Waals surface area contributed by atoms with Crippen molar-refractivity contribution in [1.82, 2.24) is 4.98 Å². The fourth-order valence-corrected chi connectivity index (χ4v) is 4.09. The van der Waals surface area contributed by atoms with Crippen LogP contribution in [0.1, 0.15) is 5.56 Å². The van der Waals surface area contributed by atoms with Crippen molar-refractivity contribution in [3.8, 4) is 0 Å². The summed E-state index contributed by atoms with van der Waals surface area (Å²) < 4.78 is 27.8. The fraction of sp³-hybridized carbons (Fsp3) is 0.0833. The van der Waals surface area contributed by atoms with Gasteiger partial charge >= 0.3 is 0 Å². The molecule has 0 aliphatic heterocycles. The molecule has 5 nitrogen and oxygen atoms in total. The molecule has 0 spiro atoms. The van der Waals surface area contributed by atoms with Gasteiger partial charge in [-0.3, -0.25) is 4.72 Å². The fourth-order valence-electron chi connectivity index (χ4n) is 1.65. The van der Waals surface area contributed by atoms with Gasteiger partial charge in [-0.2, -0.15) is 0 Å². The molecule has 2 aromatic rings. The quantitative estimate of drug-likeness (QED) is 0.594. The van der Waals surface area contributed by atoms with Crippen LogP contribution < -0.4 is 10.5 Å². The van der Waals surface area contributed by atoms with E-state index in [4.69, 9.17) is 28.9 Å². The van der Waals surface area contributed by atoms with Crippen molar-refractivity contribution in [3.63, 3.8) is 0 Å². The molecule has 0 bridgehead atoms. The maximum Gasteiger partial charge on any atom is 0.264 e. The Hall–Kier alpha value is -1.02. The van der Waals surface area contributed by atoms with Crippen LogP contribution in [0.5, 0.6) is 0 Å². The van der Waals surface area contributed by atoms with Gasteiger partial charge in [-0.05, 0) is 36.8 Å². The monoisotopic (exact) mass is 409 g/mol. The molecule has 0 unspecified atom stereocenters. The van der Waals surface area contributed by atoms with Crippen LogP contribution >= 0.6 is 39.1 Å². The summed E-state index contributed by atoms with van der Waals surface area (Å²) in [6, 6.07) is 6.06. The summed E-state index contributed by atoms with van der Waals surface area (Å²) in [5, 5.41) is 0.152. The van der Waals surface area contributed by atoms with Gasteiger partial charge in [0.1, 0.15) is 10.0 Å². The molecule has 21 heavy (non-hydrogen) atoms. The maximum atomic E-state index is 12.4. The molecule has 0 aliphatic carbocycles. The normalized spacial score (nSPS) is 11.4. The second-order valence-corrected chi connectivity index (χ2v) is 7.53. The molecule has 1 aromatic heterocycles. The summed E-state index contributed by atoms with van der Waals surface area (Å²) in [5.74, 6) is 0. The standard InChI is InChI=1S/C12H10BrCl2N3O2S/c1-6-4-10(14)17-12(15)11(6)18-21(19,20)9-5-7(13)2-3-8(9)16/h2-5,18H,16H2,1H3. The average molecular weight is 411 g/mol. The van der Waals surface area contributed by atoms with Gasteiger partial charge in [0.25, 0.3) is 10.0 Å². The molecule has 2 rings (SSSR count). The van der Waals surface area contributed by atoms with Crippen LogP contribution in [0.25, 0.3) is 0 Å². The number of rotatable bonds is 3. The molecular weight excluding hydrogens is 401 g/mol. The van der Waals surface area contributed by atoms with Gasteiger partial charge in [0.15, 0.2) is 5.15 Å². The van der Waals surface area contributed by atoms with Crippen LogP contribution in [-0.2, 0) is 10.0 Å². The SMILES string of the molecule is Cc1cc(Cl)nc(Cl)c1NS(=O)(=O)c1cc(Br)ccc1N. The predicted molar refractivity (Wildman–Crippen MR) is 88.4 cm³/mol. The third-order valence-electron chi connectivity index (χ3n) is 2.64. The van der Waals surface area contributed by atoms with Crippen molar-refractivity contribution in [2.75, 3.05) is 10.5 Å². The number of benzene rings is 1. The van der Waals surface area contributed by atoms with Gasteiger partial charge < -0.3 is 5.73 Å². The highest BCUT2D eigenvalue weighted by molar-refractivity contribution is 9.10. The van der Waals surface area contributed by atoms with E-state index >= 15 is 0 Å². The summed E-state index contributed by atoms with van der Waals surface area (Å²) in [6.45, 7) is 1.67. The Morgan fingerprint density at radius 1 is 1.29 bits per heavy atom. The van der Waals surface area contributed by atoms with Crippen molar-refractivity contribution in [1.29, 1.82) is 0 Å². The van der Waals surface area contributed by atoms with Crippen LogP contribution in [0.15, 0.2) is 33.6 Å². The molecule has 0 atom stereocenters. The first kappa shape index (κ1) is 16.4. The zero-order chi connectivity index (χ0) is 15.8. The summed E-state index contributed by atoms with van der Waals surface area (Å²) >= 11 is 14.9. The van der Waals surface area contributed by atoms with Gasteiger partial charge in [-0.15, -0.1) is 0 Å². The second kappa shape index (κ2) is 6.00. The van der Waals surface area contributed by atoms with Crippen molar-refractivity contribution in [2.45, 2.75) is 11.8 Å². The van der Waals surface area contributed by atoms with Crippen molar-refractivity contribution >= 4 is 60.5 Å². The van der Waals surface area contributed by atoms with Crippen molar-refractivity contribution < 1.29 is 8.42 Å². The molecule has 0 aliphatic rings. The topological polar surface area (TPSA) is 85.1 Å². The molecule has 3 N–H and O–H groups in total. The smallest absolute Gasteiger partial charge is 0.264 e. The molecule has 0 fully saturated rings. The maximum absolute atomic E-state index is 12.4. The van der Waals surface area contributed by atoms with Crippen LogP contribution in [-0.4, -0.2) is 13.4 Å². The molecule has 1 heterocycles. The van der Waals surface area contributed by atoms with Crippen LogP contribution in [0.2, 0.25) is 10.3 Å². The highest BCUT2D eigenvalue weighted by Crippen LogP contribution is 2.30. The third kappa shape index (κ3) is 3.60. The number of pyridine rings is 1. The molecule has 0 radical (unpaired) electrons. The number of hydrogen-bond acceptors (Lipinski definition) is 4. The first-order valence-electron chi connectivity index (χ1n) is 5.61. The lowest BCUT2D eigenvalue weighted by molar-refractivity contribution is 0.601. The van der Waals surface area contributed by atoms with Gasteiger partial charge in [-0.25, -0.2) is 13.4 Å². The number of anilines is 2. The van der Waals surface area contributed by atoms with E-state index in [1.54, 1.807) is 13.0 Å². The number of nitrogens with two attached hydrogens (primary N) is 1. The van der Waals surface area contributed by atoms with Crippen molar-refractivity contribution in [3.05, 3.63) is 44.6 Å². The first-order chi connectivity index (χ1) is 9.70. The summed E-state index contributed by atoms with van der Waals surface area (Å²) in [6.07, 6.45) is 0. The Labute approximate surface area is 140 Å². The van der Waals surface area contributed by atoms with E-state index in [9.17, 15) is 8.42 Å². The molecule has 9 heteroatoms. The van der Waals surface area contributed by atoms with Crippen LogP contribution in [0.4, 0.5) is 11.4 Å². The first-order valence-corrected chi connectivity index (χ1v) is 8.64. The molecule has 0 amide bonds. The second-order valence-electron chi connectivity index (χ2n) is 4.22. The summed E-state index contributed by atoms with van der Waals surface area (Å²) in [5.41, 5.74) is 6.57. The van der Waals surface area contributed by atoms with E-state index in [1.165, 1.54) is 18.2 Å². The average Bonchev–Trinajstić information content (AvgIpc) is 2.36. The minimum absolute atomic E-state index is 0.0304. The minimum atomic E-state index is -3.90. The van der Waals surface area contributed by atoms with E-state index in [2.05, 4.69) is 25.6 Å². The summed E-state index contributed by atoms with van der Waals surface area (Å²) in [7, 11) is -3.90. The van der Waals surface area contributed by atoms with E-state index in [1.807, 2.05) is 0 Å². The van der Waals surface area contributed by atoms with Crippen LogP contribution in [0, 0.1) is 6.92 Å². The number of hydrogen-bond donors (Lipinski definition) is 2. The largest absolute Gasteiger partial charge is 0.398 e. The van der Waals surface area contributed by atoms with Gasteiger partial charge in [0.05, 0.1) is 11.4 Å². The number of nitrogens with one attached hydrogen (secondary N) is 1. The Bertz CT molecular complexity index is 789. The minimum Gasteiger partial charge on any atom is -0.398 e. The van der Waals surface area contributed by atoms with E-state index in [0.29, 0.717) is 10.0 Å². The lowest BCUT2D eigenvalue weighted by Gasteiger charge is -2.13. The number of halogens is 3. The van der Waals surface area contributed by atoms with E-state index in [-0.39, 0.29) is 26.6 Å². The lowest BCUT2D eigenvalue weighted by atomic mass is 10.3. The Morgan fingerprint density at radius 3 is 2.57 bits per heavy atom. The zero-order valence-corrected chi connectivity index (χ0v) is 14.6. The summed E-state index contributed by atoms with van der Waals surface area (Å²) in [4.78, 5) is 3.76. The van der Waals surface area contributed by atoms with Crippen LogP contribution in [0.3, 0.4) is 0 Å². The number of sulfonamides is 1. The van der Waals surface area contributed by atoms with Crippen molar-refractivity contribution in [2.24, 2.45) is 0 Å². The highest BCUT2D eigenvalue weighted by Gasteiger charge is 2.21. The highest BCUT2D eigenvalue weighted by atomic mass is 79.9. The van der Waals surface area contributed by atoms with Gasteiger partial charge in [-0.1, -0.05) is 39.1 Å². The number of aryl methyl sites for hydroxylation is 1. The molecule has 0 saturated carbocycles. The third-order valence-corrected chi connectivity index (χ3v) is 5.01. The molecule has 0 saturated heterocycles. The molecule has 112 valence electrons. The van der Waals surface area contributed by atoms with E-state index in [0.717, 1.165) is 0 Å². The molecular formula is C12H10BrCl2N3O2S. The van der Waals surface area contributed by atoms with E-state index < -0.39 is 10.0 Å². The lowest BCUT2D eigenvalue weighted by Crippen LogP contribution is -2.16. The Morgan fingerprint density at radius 2 is 1.95 bits per heavy atom. The number of nitrogen functional groups attached to an aromatic ring is 1. The molecule has 1 aromatic carbocycles. The Balaban J connectivity index is 2.50.